The number of ether oxygens (including phenoxy) is 7. The van der Waals surface area contributed by atoms with Crippen molar-refractivity contribution < 1.29 is 186 Å². The first-order chi connectivity index (χ1) is 41.7. The van der Waals surface area contributed by atoms with Crippen molar-refractivity contribution in [2.24, 2.45) is 11.5 Å². The molecule has 0 aromatic heterocycles. The molecule has 0 aromatic rings. The van der Waals surface area contributed by atoms with Crippen molar-refractivity contribution in [2.45, 2.75) is 144 Å². The number of aliphatic carboxylic acids is 2. The molecular weight excluding hydrogens is 1260 g/mol. The van der Waals surface area contributed by atoms with E-state index in [9.17, 15) is 153 Å². The molecule has 0 spiro atoms. The van der Waals surface area contributed by atoms with Crippen molar-refractivity contribution in [1.82, 2.24) is 0 Å². The second-order valence-electron chi connectivity index (χ2n) is 18.4. The van der Waals surface area contributed by atoms with Crippen molar-refractivity contribution >= 4 is 35.5 Å². The third-order valence-electron chi connectivity index (χ3n) is 11.9. The van der Waals surface area contributed by atoms with Gasteiger partial charge in [0.05, 0.1) is 0 Å². The van der Waals surface area contributed by atoms with Crippen LogP contribution in [0.3, 0.4) is 0 Å². The van der Waals surface area contributed by atoms with Crippen molar-refractivity contribution in [1.29, 1.82) is 0 Å². The van der Waals surface area contributed by atoms with E-state index >= 15 is 0 Å². The van der Waals surface area contributed by atoms with Crippen LogP contribution in [0.25, 0.3) is 0 Å². The topological polar surface area (TPSA) is 717 Å². The Hall–Kier alpha value is -5.82. The lowest BCUT2D eigenvalue weighted by molar-refractivity contribution is -0.159. The molecule has 0 radical (unpaired) electrons. The predicted molar refractivity (Wildman–Crippen MR) is 296 cm³/mol. The Morgan fingerprint density at radius 2 is 0.449 bits per heavy atom. The molecule has 89 heavy (non-hydrogen) atoms. The van der Waals surface area contributed by atoms with Crippen LogP contribution < -0.4 is 11.5 Å². The van der Waals surface area contributed by atoms with Gasteiger partial charge in [-0.2, -0.15) is 23.5 Å². The van der Waals surface area contributed by atoms with E-state index in [0.717, 1.165) is 23.5 Å². The van der Waals surface area contributed by atoms with E-state index < -0.39 is 269 Å². The summed E-state index contributed by atoms with van der Waals surface area (Å²) in [7, 11) is 0. The van der Waals surface area contributed by atoms with E-state index in [1.807, 2.05) is 0 Å². The quantitative estimate of drug-likeness (QED) is 0.0462. The number of carbonyl (C=O) groups is 2. The maximum absolute atomic E-state index is 11.3. The van der Waals surface area contributed by atoms with Gasteiger partial charge < -0.3 is 188 Å². The van der Waals surface area contributed by atoms with Gasteiger partial charge in [-0.3, -0.25) is 9.59 Å². The fourth-order valence-electron chi connectivity index (χ4n) is 7.00. The zero-order valence-corrected chi connectivity index (χ0v) is 48.4. The fraction of sp³-hybridized carbons (Fsp3) is 0.667. The fourth-order valence-corrected chi connectivity index (χ4v) is 8.88. The zero-order chi connectivity index (χ0) is 68.2. The molecule has 0 fully saturated rings. The summed E-state index contributed by atoms with van der Waals surface area (Å²) in [5.41, 5.74) is 11.0. The molecule has 1 aliphatic heterocycles. The number of aliphatic hydroxyl groups is 26. The summed E-state index contributed by atoms with van der Waals surface area (Å²) in [4.78, 5) is 22.6. The Labute approximate surface area is 511 Å². The van der Waals surface area contributed by atoms with E-state index in [-0.39, 0.29) is 23.0 Å². The highest BCUT2D eigenvalue weighted by atomic mass is 32.2. The van der Waals surface area contributed by atoms with Crippen LogP contribution in [0.15, 0.2) is 80.6 Å². The van der Waals surface area contributed by atoms with Crippen molar-refractivity contribution in [2.75, 3.05) is 56.0 Å². The molecule has 1 aliphatic rings. The van der Waals surface area contributed by atoms with Gasteiger partial charge in [-0.1, -0.05) is 0 Å². The van der Waals surface area contributed by atoms with Gasteiger partial charge in [0.15, 0.2) is 80.6 Å². The van der Waals surface area contributed by atoms with Crippen LogP contribution in [0.1, 0.15) is 44.9 Å². The summed E-state index contributed by atoms with van der Waals surface area (Å²) in [5, 5.41) is 297. The van der Waals surface area contributed by atoms with Crippen LogP contribution in [0.2, 0.25) is 0 Å². The van der Waals surface area contributed by atoms with Crippen molar-refractivity contribution in [3.63, 3.8) is 0 Å². The van der Waals surface area contributed by atoms with Gasteiger partial charge in [-0.15, -0.1) is 0 Å². The minimum absolute atomic E-state index is 0.338. The number of hydrogen-bond donors (Lipinski definition) is 30. The number of rotatable bonds is 22. The van der Waals surface area contributed by atoms with Gasteiger partial charge in [0, 0.05) is 76.6 Å². The van der Waals surface area contributed by atoms with Crippen LogP contribution in [0.5, 0.6) is 0 Å². The largest absolute Gasteiger partial charge is 0.506 e. The molecule has 0 saturated carbocycles. The Morgan fingerprint density at radius 1 is 0.303 bits per heavy atom. The third kappa shape index (κ3) is 25.8. The van der Waals surface area contributed by atoms with Crippen LogP contribution in [-0.4, -0.2) is 310 Å². The Bertz CT molecular complexity index is 2390. The highest BCUT2D eigenvalue weighted by molar-refractivity contribution is 7.99. The van der Waals surface area contributed by atoms with Gasteiger partial charge >= 0.3 is 11.9 Å². The SMILES string of the molecule is N[C@H](CSCC[C@H]1O[C@@H](O)/C(O)=C(/O)[C@@H](CCO)O[C@@H](O)/C(O)=C(\O)[C@@H](CCO)O[C@@H](O)/C(O)=C(\O)[C@@H](CCO)O[C@H](O)/C(O)=C(\O)[C@@H](CCSC[C@@H](N)C(=O)O)O[C@H](O)/C(O)=C(\O)[C@@H](CCO)O[C@H](O)/C(O)=C(/O)[C@@H](CCO)O[C@@H](O)/C(O)=C\1O)C(=O)O. The molecule has 0 unspecified atom stereocenters. The van der Waals surface area contributed by atoms with E-state index in [4.69, 9.17) is 44.6 Å². The molecule has 16 atom stereocenters. The minimum Gasteiger partial charge on any atom is -0.506 e. The summed E-state index contributed by atoms with van der Waals surface area (Å²) in [6.07, 6.45) is -42.2. The first kappa shape index (κ1) is 81.2. The van der Waals surface area contributed by atoms with Crippen LogP contribution in [0.4, 0.5) is 0 Å². The number of hydrogen-bond acceptors (Lipinski definition) is 39. The summed E-state index contributed by atoms with van der Waals surface area (Å²) in [6.45, 7) is -5.17. The lowest BCUT2D eigenvalue weighted by Gasteiger charge is -2.27. The molecule has 0 amide bonds. The third-order valence-corrected chi connectivity index (χ3v) is 14.1. The highest BCUT2D eigenvalue weighted by Crippen LogP contribution is 2.30. The van der Waals surface area contributed by atoms with Gasteiger partial charge in [-0.25, -0.2) is 0 Å². The molecule has 1 heterocycles. The normalized spacial score (nSPS) is 35.1. The average Bonchev–Trinajstić information content (AvgIpc) is 3.63. The Balaban J connectivity index is 4.37. The van der Waals surface area contributed by atoms with Gasteiger partial charge in [0.25, 0.3) is 0 Å². The first-order valence-electron chi connectivity index (χ1n) is 26.0. The maximum Gasteiger partial charge on any atom is 0.321 e. The summed E-state index contributed by atoms with van der Waals surface area (Å²) < 4.78 is 35.8. The molecule has 39 nitrogen and oxygen atoms in total. The second kappa shape index (κ2) is 40.8. The maximum atomic E-state index is 11.3. The number of carboxylic acids is 2. The van der Waals surface area contributed by atoms with Crippen LogP contribution >= 0.6 is 23.5 Å². The predicted octanol–water partition coefficient (Wildman–Crippen LogP) is -3.80. The zero-order valence-electron chi connectivity index (χ0n) is 46.7. The molecule has 516 valence electrons. The van der Waals surface area contributed by atoms with E-state index in [1.54, 1.807) is 0 Å². The molecule has 0 aliphatic carbocycles. The minimum atomic E-state index is -2.92. The molecule has 41 heteroatoms. The lowest BCUT2D eigenvalue weighted by atomic mass is 10.1. The lowest BCUT2D eigenvalue weighted by Crippen LogP contribution is -2.35. The molecular formula is C48H80N2O37S2. The number of aliphatic hydroxyl groups excluding tert-OH is 26. The molecule has 32 N–H and O–H groups in total. The molecule has 0 bridgehead atoms. The Morgan fingerprint density at radius 3 is 0.584 bits per heavy atom. The van der Waals surface area contributed by atoms with Gasteiger partial charge in [0.2, 0.25) is 44.0 Å². The van der Waals surface area contributed by atoms with E-state index in [2.05, 4.69) is 0 Å². The van der Waals surface area contributed by atoms with Crippen molar-refractivity contribution in [3.8, 4) is 0 Å². The Kier molecular flexibility index (Phi) is 37.2. The molecule has 1 rings (SSSR count). The van der Waals surface area contributed by atoms with Crippen LogP contribution in [-0.2, 0) is 42.7 Å². The molecule has 0 saturated heterocycles. The average molecular weight is 1340 g/mol. The second-order valence-corrected chi connectivity index (χ2v) is 20.7. The van der Waals surface area contributed by atoms with Gasteiger partial charge in [0.1, 0.15) is 54.8 Å². The highest BCUT2D eigenvalue weighted by Gasteiger charge is 2.38. The smallest absolute Gasteiger partial charge is 0.321 e. The number of nitrogens with two attached hydrogens (primary N) is 2. The monoisotopic (exact) mass is 1340 g/mol. The van der Waals surface area contributed by atoms with Crippen LogP contribution in [0, 0.1) is 0 Å². The summed E-state index contributed by atoms with van der Waals surface area (Å²) in [5.74, 6) is -27.3. The summed E-state index contributed by atoms with van der Waals surface area (Å²) in [6, 6.07) is -2.96. The van der Waals surface area contributed by atoms with Crippen molar-refractivity contribution in [3.05, 3.63) is 80.6 Å². The van der Waals surface area contributed by atoms with Gasteiger partial charge in [-0.05, 0) is 24.3 Å². The number of thioether (sulfide) groups is 2. The first-order valence-corrected chi connectivity index (χ1v) is 28.3. The number of carboxylic acid groups (broad SMARTS) is 2. The van der Waals surface area contributed by atoms with E-state index in [0.29, 0.717) is 0 Å². The van der Waals surface area contributed by atoms with E-state index in [1.165, 1.54) is 0 Å². The standard InChI is InChI=1S/C48H80N2O37S2/c49-17(40(70)71)15-88-13-6-24-31(61)38(68)45(77)84-20(2-9-52)27(57)34(64)42(74)81-19(1-8-51)26(56)33(63)43(75)82-22(4-11-54)29(59)36(66)47(79)86-25(7-14-89-16-18(50)41(72)73)32(62)39(69)46(78)85-21(3-10-53)28(58)35(65)44(76)83-23(5-12-55)30(60)37(67)48(80)87-24/h17-25,42-48,51-69,74-80H,1-16,49-50H2,(H,70,71)(H,72,73)/b33-26+,34-27+,35-28-,36-29-,37-30+,38-31+,39-32-/t17-,18-,19-,20-,21-,22-,23-,24-,25-,42-,43-,44+,45+,46-,47-,48+/m1/s1. The molecule has 0 aromatic carbocycles. The summed E-state index contributed by atoms with van der Waals surface area (Å²) >= 11 is 1.49.